The summed E-state index contributed by atoms with van der Waals surface area (Å²) in [5, 5.41) is 25.9. The van der Waals surface area contributed by atoms with E-state index in [2.05, 4.69) is 31.5 Å². The zero-order valence-corrected chi connectivity index (χ0v) is 14.9. The third-order valence-corrected chi connectivity index (χ3v) is 5.07. The first-order valence-electron chi connectivity index (χ1n) is 8.66. The molecule has 1 fully saturated rings. The van der Waals surface area contributed by atoms with Crippen LogP contribution in [0.3, 0.4) is 0 Å². The monoisotopic (exact) mass is 348 g/mol. The van der Waals surface area contributed by atoms with E-state index in [1.54, 1.807) is 17.2 Å². The molecular weight excluding hydrogens is 328 g/mol. The Bertz CT molecular complexity index is 956. The third kappa shape index (κ3) is 2.71. The number of aromatic nitrogens is 6. The molecule has 132 valence electrons. The molecule has 0 saturated carbocycles. The van der Waals surface area contributed by atoms with Crippen molar-refractivity contribution in [1.82, 2.24) is 29.8 Å². The summed E-state index contributed by atoms with van der Waals surface area (Å²) in [5.74, 6) is 1.43. The van der Waals surface area contributed by atoms with Crippen LogP contribution in [0, 0.1) is 11.3 Å². The second-order valence-electron chi connectivity index (χ2n) is 6.62. The van der Waals surface area contributed by atoms with Crippen molar-refractivity contribution in [3.8, 4) is 17.3 Å². The summed E-state index contributed by atoms with van der Waals surface area (Å²) in [6.45, 7) is 1.74. The molecule has 4 rings (SSSR count). The normalized spacial score (nSPS) is 15.2. The molecule has 3 aromatic rings. The average molecular weight is 348 g/mol. The van der Waals surface area contributed by atoms with Crippen molar-refractivity contribution in [1.29, 1.82) is 5.26 Å². The van der Waals surface area contributed by atoms with Gasteiger partial charge in [-0.1, -0.05) is 17.3 Å². The van der Waals surface area contributed by atoms with Crippen LogP contribution < -0.4 is 4.90 Å². The van der Waals surface area contributed by atoms with Gasteiger partial charge in [-0.3, -0.25) is 0 Å². The molecule has 0 spiro atoms. The topological polar surface area (TPSA) is 88.4 Å². The lowest BCUT2D eigenvalue weighted by atomic mass is 9.94. The highest BCUT2D eigenvalue weighted by molar-refractivity contribution is 5.81. The number of aryl methyl sites for hydroxylation is 2. The van der Waals surface area contributed by atoms with E-state index in [0.717, 1.165) is 48.7 Å². The molecule has 0 unspecified atom stereocenters. The Hall–Kier alpha value is -3.21. The second kappa shape index (κ2) is 6.59. The molecule has 2 aromatic heterocycles. The van der Waals surface area contributed by atoms with Crippen LogP contribution in [0.1, 0.15) is 30.1 Å². The molecule has 0 atom stereocenters. The van der Waals surface area contributed by atoms with Crippen LogP contribution in [0.25, 0.3) is 11.3 Å². The van der Waals surface area contributed by atoms with Gasteiger partial charge in [0, 0.05) is 38.7 Å². The Morgan fingerprint density at radius 2 is 1.96 bits per heavy atom. The molecule has 1 aliphatic heterocycles. The molecule has 0 amide bonds. The number of para-hydroxylation sites is 1. The lowest BCUT2D eigenvalue weighted by Gasteiger charge is -2.34. The Morgan fingerprint density at radius 1 is 1.15 bits per heavy atom. The SMILES string of the molecule is Cn1cnnc1C1CCN(c2c(C#N)cccc2-c2cnnn2C)CC1. The number of piperidine rings is 1. The molecule has 0 aliphatic carbocycles. The number of anilines is 1. The summed E-state index contributed by atoms with van der Waals surface area (Å²) < 4.78 is 3.74. The fourth-order valence-corrected chi connectivity index (χ4v) is 3.74. The third-order valence-electron chi connectivity index (χ3n) is 5.07. The van der Waals surface area contributed by atoms with E-state index in [0.29, 0.717) is 11.5 Å². The zero-order chi connectivity index (χ0) is 18.1. The largest absolute Gasteiger partial charge is 0.370 e. The molecule has 26 heavy (non-hydrogen) atoms. The van der Waals surface area contributed by atoms with Crippen molar-refractivity contribution in [2.45, 2.75) is 18.8 Å². The predicted octanol–water partition coefficient (Wildman–Crippen LogP) is 1.87. The van der Waals surface area contributed by atoms with Crippen LogP contribution in [-0.4, -0.2) is 42.8 Å². The fraction of sp³-hybridized carbons (Fsp3) is 0.389. The van der Waals surface area contributed by atoms with Crippen molar-refractivity contribution in [2.24, 2.45) is 14.1 Å². The van der Waals surface area contributed by atoms with Crippen molar-refractivity contribution >= 4 is 5.69 Å². The second-order valence-corrected chi connectivity index (χ2v) is 6.62. The van der Waals surface area contributed by atoms with Gasteiger partial charge in [-0.25, -0.2) is 4.68 Å². The molecule has 3 heterocycles. The van der Waals surface area contributed by atoms with Crippen LogP contribution in [0.5, 0.6) is 0 Å². The van der Waals surface area contributed by atoms with Gasteiger partial charge in [0.2, 0.25) is 0 Å². The lowest BCUT2D eigenvalue weighted by Crippen LogP contribution is -2.34. The quantitative estimate of drug-likeness (QED) is 0.718. The van der Waals surface area contributed by atoms with Gasteiger partial charge in [-0.05, 0) is 18.9 Å². The molecular formula is C18H20N8. The minimum atomic E-state index is 0.398. The number of nitrogens with zero attached hydrogens (tertiary/aromatic N) is 8. The highest BCUT2D eigenvalue weighted by Gasteiger charge is 2.27. The van der Waals surface area contributed by atoms with Crippen molar-refractivity contribution in [2.75, 3.05) is 18.0 Å². The van der Waals surface area contributed by atoms with Crippen molar-refractivity contribution < 1.29 is 0 Å². The van der Waals surface area contributed by atoms with Crippen LogP contribution >= 0.6 is 0 Å². The summed E-state index contributed by atoms with van der Waals surface area (Å²) in [7, 11) is 3.85. The van der Waals surface area contributed by atoms with Gasteiger partial charge < -0.3 is 9.47 Å². The minimum absolute atomic E-state index is 0.398. The van der Waals surface area contributed by atoms with Gasteiger partial charge in [0.15, 0.2) is 0 Å². The van der Waals surface area contributed by atoms with E-state index < -0.39 is 0 Å². The van der Waals surface area contributed by atoms with Gasteiger partial charge in [-0.2, -0.15) is 5.26 Å². The highest BCUT2D eigenvalue weighted by atomic mass is 15.4. The first kappa shape index (κ1) is 16.3. The summed E-state index contributed by atoms with van der Waals surface area (Å²) in [5.41, 5.74) is 3.55. The molecule has 0 bridgehead atoms. The van der Waals surface area contributed by atoms with Crippen LogP contribution in [0.15, 0.2) is 30.7 Å². The number of hydrogen-bond acceptors (Lipinski definition) is 6. The number of rotatable bonds is 3. The maximum absolute atomic E-state index is 9.64. The molecule has 1 aliphatic rings. The minimum Gasteiger partial charge on any atom is -0.370 e. The Labute approximate surface area is 151 Å². The first-order valence-corrected chi connectivity index (χ1v) is 8.66. The van der Waals surface area contributed by atoms with Gasteiger partial charge in [-0.15, -0.1) is 15.3 Å². The average Bonchev–Trinajstić information content (AvgIpc) is 3.29. The lowest BCUT2D eigenvalue weighted by molar-refractivity contribution is 0.474. The maximum atomic E-state index is 9.64. The summed E-state index contributed by atoms with van der Waals surface area (Å²) in [4.78, 5) is 2.30. The van der Waals surface area contributed by atoms with E-state index in [4.69, 9.17) is 0 Å². The van der Waals surface area contributed by atoms with E-state index >= 15 is 0 Å². The van der Waals surface area contributed by atoms with Crippen LogP contribution in [0.4, 0.5) is 5.69 Å². The fourth-order valence-electron chi connectivity index (χ4n) is 3.74. The zero-order valence-electron chi connectivity index (χ0n) is 14.9. The van der Waals surface area contributed by atoms with E-state index in [1.165, 1.54) is 0 Å². The number of nitriles is 1. The molecule has 8 heteroatoms. The first-order chi connectivity index (χ1) is 12.7. The molecule has 0 radical (unpaired) electrons. The van der Waals surface area contributed by atoms with Crippen LogP contribution in [0.2, 0.25) is 0 Å². The summed E-state index contributed by atoms with van der Waals surface area (Å²) in [6, 6.07) is 8.16. The molecule has 8 nitrogen and oxygen atoms in total. The molecule has 1 saturated heterocycles. The summed E-state index contributed by atoms with van der Waals surface area (Å²) in [6.07, 6.45) is 5.46. The maximum Gasteiger partial charge on any atom is 0.135 e. The Morgan fingerprint density at radius 3 is 2.58 bits per heavy atom. The Kier molecular flexibility index (Phi) is 4.13. The Balaban J connectivity index is 1.66. The van der Waals surface area contributed by atoms with Crippen LogP contribution in [-0.2, 0) is 14.1 Å². The van der Waals surface area contributed by atoms with Gasteiger partial charge in [0.25, 0.3) is 0 Å². The van der Waals surface area contributed by atoms with Crippen molar-refractivity contribution in [3.63, 3.8) is 0 Å². The number of benzene rings is 1. The van der Waals surface area contributed by atoms with E-state index in [1.807, 2.05) is 36.9 Å². The smallest absolute Gasteiger partial charge is 0.135 e. The van der Waals surface area contributed by atoms with E-state index in [-0.39, 0.29) is 0 Å². The highest BCUT2D eigenvalue weighted by Crippen LogP contribution is 2.37. The number of hydrogen-bond donors (Lipinski definition) is 0. The van der Waals surface area contributed by atoms with Crippen molar-refractivity contribution in [3.05, 3.63) is 42.1 Å². The van der Waals surface area contributed by atoms with Gasteiger partial charge in [0.1, 0.15) is 18.2 Å². The predicted molar refractivity (Wildman–Crippen MR) is 96.3 cm³/mol. The molecule has 0 N–H and O–H groups in total. The summed E-state index contributed by atoms with van der Waals surface area (Å²) >= 11 is 0. The van der Waals surface area contributed by atoms with E-state index in [9.17, 15) is 5.26 Å². The van der Waals surface area contributed by atoms with Gasteiger partial charge >= 0.3 is 0 Å². The standard InChI is InChI=1S/C18H20N8/c1-24-12-21-22-18(24)13-6-8-26(9-7-13)17-14(10-19)4-3-5-15(17)16-11-20-23-25(16)2/h3-5,11-13H,6-9H2,1-2H3. The molecule has 1 aromatic carbocycles. The van der Waals surface area contributed by atoms with Gasteiger partial charge in [0.05, 0.1) is 23.1 Å².